The minimum Gasteiger partial charge on any atom is -0.497 e. The van der Waals surface area contributed by atoms with Gasteiger partial charge in [0, 0.05) is 18.7 Å². The largest absolute Gasteiger partial charge is 0.497 e. The highest BCUT2D eigenvalue weighted by Crippen LogP contribution is 2.44. The van der Waals surface area contributed by atoms with Crippen molar-refractivity contribution in [1.29, 1.82) is 0 Å². The highest BCUT2D eigenvalue weighted by atomic mass is 16.5. The molecule has 0 saturated carbocycles. The van der Waals surface area contributed by atoms with Gasteiger partial charge in [-0.1, -0.05) is 43.2 Å². The van der Waals surface area contributed by atoms with Gasteiger partial charge in [-0.2, -0.15) is 0 Å². The average molecular weight is 434 g/mol. The van der Waals surface area contributed by atoms with E-state index < -0.39 is 17.5 Å². The fraction of sp³-hybridized carbons (Fsp3) is 0.320. The molecular weight excluding hydrogens is 406 g/mol. The third-order valence-corrected chi connectivity index (χ3v) is 6.00. The van der Waals surface area contributed by atoms with Crippen LogP contribution in [0.3, 0.4) is 0 Å². The lowest BCUT2D eigenvalue weighted by Gasteiger charge is -2.27. The smallest absolute Gasteiger partial charge is 0.272 e. The van der Waals surface area contributed by atoms with Gasteiger partial charge in [0.25, 0.3) is 17.7 Å². The summed E-state index contributed by atoms with van der Waals surface area (Å²) in [5.74, 6) is -0.477. The van der Waals surface area contributed by atoms with Crippen LogP contribution in [0.5, 0.6) is 5.75 Å². The van der Waals surface area contributed by atoms with Gasteiger partial charge in [-0.3, -0.25) is 14.4 Å². The van der Waals surface area contributed by atoms with E-state index in [1.54, 1.807) is 36.3 Å². The zero-order valence-electron chi connectivity index (χ0n) is 18.5. The van der Waals surface area contributed by atoms with Gasteiger partial charge in [0.05, 0.1) is 7.11 Å². The predicted octanol–water partition coefficient (Wildman–Crippen LogP) is 3.25. The summed E-state index contributed by atoms with van der Waals surface area (Å²) in [4.78, 5) is 40.7. The highest BCUT2D eigenvalue weighted by Gasteiger charge is 2.65. The molecule has 7 heteroatoms. The Bertz CT molecular complexity index is 1090. The zero-order chi connectivity index (χ0) is 22.9. The summed E-state index contributed by atoms with van der Waals surface area (Å²) in [5, 5.41) is 5.62. The van der Waals surface area contributed by atoms with Crippen molar-refractivity contribution in [2.24, 2.45) is 0 Å². The second-order valence-corrected chi connectivity index (χ2v) is 8.20. The Balaban J connectivity index is 1.69. The second-order valence-electron chi connectivity index (χ2n) is 8.20. The van der Waals surface area contributed by atoms with Gasteiger partial charge in [0.2, 0.25) is 5.66 Å². The third kappa shape index (κ3) is 3.86. The molecule has 166 valence electrons. The van der Waals surface area contributed by atoms with Crippen molar-refractivity contribution >= 4 is 29.0 Å². The van der Waals surface area contributed by atoms with E-state index in [1.165, 1.54) is 0 Å². The molecule has 1 spiro atoms. The van der Waals surface area contributed by atoms with Gasteiger partial charge in [-0.05, 0) is 48.7 Å². The summed E-state index contributed by atoms with van der Waals surface area (Å²) in [6.45, 7) is 4.62. The van der Waals surface area contributed by atoms with Crippen LogP contribution in [0.4, 0.5) is 5.69 Å². The maximum Gasteiger partial charge on any atom is 0.272 e. The quantitative estimate of drug-likeness (QED) is 0.518. The van der Waals surface area contributed by atoms with Crippen LogP contribution in [-0.4, -0.2) is 41.9 Å². The molecule has 1 unspecified atom stereocenters. The Morgan fingerprint density at radius 1 is 1.12 bits per heavy atom. The van der Waals surface area contributed by atoms with Gasteiger partial charge in [0.15, 0.2) is 0 Å². The number of amides is 3. The Hall–Kier alpha value is -3.61. The number of rotatable bonds is 7. The molecule has 32 heavy (non-hydrogen) atoms. The first-order valence-electron chi connectivity index (χ1n) is 10.8. The van der Waals surface area contributed by atoms with Crippen LogP contribution in [0.1, 0.15) is 37.3 Å². The molecule has 0 bridgehead atoms. The molecule has 2 aromatic rings. The molecule has 1 saturated heterocycles. The Morgan fingerprint density at radius 3 is 2.44 bits per heavy atom. The summed E-state index contributed by atoms with van der Waals surface area (Å²) in [6, 6.07) is 14.5. The van der Waals surface area contributed by atoms with E-state index >= 15 is 0 Å². The number of ether oxygens (including phenoxy) is 1. The minimum absolute atomic E-state index is 0.0328. The monoisotopic (exact) mass is 433 g/mol. The van der Waals surface area contributed by atoms with Crippen molar-refractivity contribution in [3.63, 3.8) is 0 Å². The number of nitrogens with one attached hydrogen (secondary N) is 2. The number of aryl methyl sites for hydroxylation is 1. The molecule has 2 aliphatic rings. The fourth-order valence-corrected chi connectivity index (χ4v) is 4.09. The van der Waals surface area contributed by atoms with E-state index in [1.807, 2.05) is 31.2 Å². The normalized spacial score (nSPS) is 19.8. The van der Waals surface area contributed by atoms with Crippen LogP contribution in [0, 0.1) is 6.92 Å². The topological polar surface area (TPSA) is 87.5 Å². The first-order chi connectivity index (χ1) is 15.4. The Morgan fingerprint density at radius 2 is 1.81 bits per heavy atom. The summed E-state index contributed by atoms with van der Waals surface area (Å²) in [6.07, 6.45) is 2.07. The Labute approximate surface area is 187 Å². The molecule has 2 aromatic carbocycles. The SMILES string of the molecule is CCCCN1C(=O)C12CC(c1ccc(C)cc1)=C(C(=O)Nc1ccc(OC)cc1)C(=O)N2. The molecule has 7 nitrogen and oxygen atoms in total. The summed E-state index contributed by atoms with van der Waals surface area (Å²) in [5.41, 5.74) is 1.95. The number of anilines is 1. The summed E-state index contributed by atoms with van der Waals surface area (Å²) >= 11 is 0. The first kappa shape index (κ1) is 21.6. The number of nitrogens with zero attached hydrogens (tertiary/aromatic N) is 1. The van der Waals surface area contributed by atoms with Crippen LogP contribution in [0.2, 0.25) is 0 Å². The number of carbonyl (C=O) groups is 3. The molecule has 2 N–H and O–H groups in total. The summed E-state index contributed by atoms with van der Waals surface area (Å²) in [7, 11) is 1.57. The number of hydrogen-bond acceptors (Lipinski definition) is 4. The van der Waals surface area contributed by atoms with Crippen molar-refractivity contribution in [3.05, 3.63) is 65.2 Å². The van der Waals surface area contributed by atoms with Crippen LogP contribution in [-0.2, 0) is 14.4 Å². The number of hydrogen-bond donors (Lipinski definition) is 2. The molecule has 2 heterocycles. The van der Waals surface area contributed by atoms with Crippen molar-refractivity contribution in [1.82, 2.24) is 10.2 Å². The Kier molecular flexibility index (Phi) is 5.74. The number of carbonyl (C=O) groups excluding carboxylic acids is 3. The second kappa shape index (κ2) is 8.49. The van der Waals surface area contributed by atoms with Crippen LogP contribution in [0.25, 0.3) is 5.57 Å². The van der Waals surface area contributed by atoms with Crippen molar-refractivity contribution < 1.29 is 19.1 Å². The predicted molar refractivity (Wildman–Crippen MR) is 122 cm³/mol. The van der Waals surface area contributed by atoms with E-state index in [0.717, 1.165) is 24.0 Å². The molecule has 2 aliphatic heterocycles. The molecule has 1 fully saturated rings. The molecule has 3 amide bonds. The van der Waals surface area contributed by atoms with E-state index in [2.05, 4.69) is 17.6 Å². The van der Waals surface area contributed by atoms with Crippen molar-refractivity contribution in [2.45, 2.75) is 38.8 Å². The van der Waals surface area contributed by atoms with Crippen LogP contribution >= 0.6 is 0 Å². The maximum atomic E-state index is 13.2. The van der Waals surface area contributed by atoms with Crippen LogP contribution < -0.4 is 15.4 Å². The van der Waals surface area contributed by atoms with Gasteiger partial charge in [-0.15, -0.1) is 0 Å². The highest BCUT2D eigenvalue weighted by molar-refractivity contribution is 6.30. The van der Waals surface area contributed by atoms with E-state index in [4.69, 9.17) is 4.74 Å². The molecule has 0 radical (unpaired) electrons. The van der Waals surface area contributed by atoms with E-state index in [-0.39, 0.29) is 17.9 Å². The molecule has 4 rings (SSSR count). The first-order valence-corrected chi connectivity index (χ1v) is 10.8. The lowest BCUT2D eigenvalue weighted by atomic mass is 9.88. The zero-order valence-corrected chi connectivity index (χ0v) is 18.5. The lowest BCUT2D eigenvalue weighted by molar-refractivity contribution is -0.124. The standard InChI is InChI=1S/C25H27N3O4/c1-4-5-14-28-24(31)25(28)15-20(17-8-6-16(2)7-9-17)21(23(30)27-25)22(29)26-18-10-12-19(32-3)13-11-18/h6-13H,4-5,14-15H2,1-3H3,(H,26,29)(H,27,30). The molecule has 0 aromatic heterocycles. The summed E-state index contributed by atoms with van der Waals surface area (Å²) < 4.78 is 5.15. The van der Waals surface area contributed by atoms with E-state index in [9.17, 15) is 14.4 Å². The fourth-order valence-electron chi connectivity index (χ4n) is 4.09. The lowest BCUT2D eigenvalue weighted by Crippen LogP contribution is -2.48. The molecule has 0 aliphatic carbocycles. The number of benzene rings is 2. The average Bonchev–Trinajstić information content (AvgIpc) is 3.32. The van der Waals surface area contributed by atoms with Gasteiger partial charge >= 0.3 is 0 Å². The van der Waals surface area contributed by atoms with Crippen molar-refractivity contribution in [2.75, 3.05) is 19.0 Å². The number of methoxy groups -OCH3 is 1. The van der Waals surface area contributed by atoms with E-state index in [0.29, 0.717) is 23.6 Å². The number of unbranched alkanes of at least 4 members (excludes halogenated alkanes) is 1. The van der Waals surface area contributed by atoms with Crippen molar-refractivity contribution in [3.8, 4) is 5.75 Å². The van der Waals surface area contributed by atoms with Gasteiger partial charge in [-0.25, -0.2) is 0 Å². The maximum absolute atomic E-state index is 13.2. The third-order valence-electron chi connectivity index (χ3n) is 6.00. The molecule has 1 atom stereocenters. The van der Waals surface area contributed by atoms with Gasteiger partial charge < -0.3 is 20.3 Å². The minimum atomic E-state index is -1.05. The van der Waals surface area contributed by atoms with Gasteiger partial charge in [0.1, 0.15) is 11.3 Å². The molecular formula is C25H27N3O4. The van der Waals surface area contributed by atoms with Crippen LogP contribution in [0.15, 0.2) is 54.1 Å².